The largest absolute Gasteiger partial charge is 0.348 e. The van der Waals surface area contributed by atoms with E-state index in [0.29, 0.717) is 13.0 Å². The molecule has 0 saturated heterocycles. The van der Waals surface area contributed by atoms with Crippen LogP contribution in [-0.2, 0) is 17.8 Å². The van der Waals surface area contributed by atoms with Gasteiger partial charge in [0.25, 0.3) is 0 Å². The first-order valence-electron chi connectivity index (χ1n) is 7.98. The van der Waals surface area contributed by atoms with Crippen LogP contribution in [0.25, 0.3) is 0 Å². The molecule has 1 amide bonds. The summed E-state index contributed by atoms with van der Waals surface area (Å²) in [5.74, 6) is 0.113. The van der Waals surface area contributed by atoms with Gasteiger partial charge in [0, 0.05) is 42.8 Å². The first-order chi connectivity index (χ1) is 11.7. The van der Waals surface area contributed by atoms with E-state index in [-0.39, 0.29) is 11.9 Å². The van der Waals surface area contributed by atoms with Crippen LogP contribution in [0.4, 0.5) is 0 Å². The highest BCUT2D eigenvalue weighted by atomic mass is 32.1. The number of aryl methyl sites for hydroxylation is 1. The van der Waals surface area contributed by atoms with Crippen LogP contribution >= 0.6 is 11.3 Å². The lowest BCUT2D eigenvalue weighted by atomic mass is 10.0. The number of nitrogens with zero attached hydrogens (tertiary/aromatic N) is 4. The van der Waals surface area contributed by atoms with Crippen molar-refractivity contribution in [1.29, 1.82) is 0 Å². The van der Waals surface area contributed by atoms with E-state index in [1.54, 1.807) is 17.5 Å². The number of rotatable bonds is 3. The Morgan fingerprint density at radius 1 is 1.33 bits per heavy atom. The molecule has 6 heteroatoms. The average Bonchev–Trinajstić information content (AvgIpc) is 3.23. The maximum Gasteiger partial charge on any atom is 0.229 e. The summed E-state index contributed by atoms with van der Waals surface area (Å²) in [6.07, 6.45) is 6.03. The summed E-state index contributed by atoms with van der Waals surface area (Å²) in [7, 11) is 0. The van der Waals surface area contributed by atoms with Gasteiger partial charge in [-0.2, -0.15) is 0 Å². The number of thiazole rings is 1. The van der Waals surface area contributed by atoms with Crippen molar-refractivity contribution < 1.29 is 4.79 Å². The molecule has 3 aromatic rings. The Hall–Kier alpha value is -2.47. The number of hydrogen-bond donors (Lipinski definition) is 0. The van der Waals surface area contributed by atoms with Crippen LogP contribution < -0.4 is 0 Å². The SMILES string of the molecule is Cc1nc(CC(=O)N2CCn3cccc3[C@H]2c2cccnc2)cs1. The third-order valence-electron chi connectivity index (χ3n) is 4.36. The first-order valence-corrected chi connectivity index (χ1v) is 8.86. The molecule has 1 aliphatic heterocycles. The van der Waals surface area contributed by atoms with E-state index in [4.69, 9.17) is 0 Å². The topological polar surface area (TPSA) is 51.0 Å². The molecule has 0 fully saturated rings. The van der Waals surface area contributed by atoms with Crippen molar-refractivity contribution in [2.45, 2.75) is 25.9 Å². The van der Waals surface area contributed by atoms with Crippen molar-refractivity contribution >= 4 is 17.2 Å². The molecule has 4 heterocycles. The monoisotopic (exact) mass is 338 g/mol. The molecule has 0 radical (unpaired) electrons. The molecule has 0 aliphatic carbocycles. The lowest BCUT2D eigenvalue weighted by molar-refractivity contribution is -0.133. The number of hydrogen-bond acceptors (Lipinski definition) is 4. The van der Waals surface area contributed by atoms with Crippen LogP contribution in [0.2, 0.25) is 0 Å². The Kier molecular flexibility index (Phi) is 3.90. The van der Waals surface area contributed by atoms with Gasteiger partial charge in [0.15, 0.2) is 0 Å². The van der Waals surface area contributed by atoms with E-state index < -0.39 is 0 Å². The molecule has 0 N–H and O–H groups in total. The number of amides is 1. The maximum absolute atomic E-state index is 13.0. The molecule has 24 heavy (non-hydrogen) atoms. The minimum absolute atomic E-state index is 0.0883. The van der Waals surface area contributed by atoms with Crippen molar-refractivity contribution in [3.05, 3.63) is 70.2 Å². The number of pyridine rings is 1. The molecule has 0 aromatic carbocycles. The standard InChI is InChI=1S/C18H18N4OS/c1-13-20-15(12-24-13)10-17(23)22-9-8-21-7-3-5-16(21)18(22)14-4-2-6-19-11-14/h2-7,11-12,18H,8-10H2,1H3/t18-/m1/s1. The van der Waals surface area contributed by atoms with E-state index in [1.807, 2.05) is 41.6 Å². The van der Waals surface area contributed by atoms with Gasteiger partial charge in [-0.05, 0) is 30.7 Å². The van der Waals surface area contributed by atoms with Gasteiger partial charge >= 0.3 is 0 Å². The quantitative estimate of drug-likeness (QED) is 0.738. The van der Waals surface area contributed by atoms with Gasteiger partial charge in [0.1, 0.15) is 0 Å². The molecule has 5 nitrogen and oxygen atoms in total. The van der Waals surface area contributed by atoms with Gasteiger partial charge in [-0.15, -0.1) is 11.3 Å². The van der Waals surface area contributed by atoms with Gasteiger partial charge in [-0.1, -0.05) is 6.07 Å². The fourth-order valence-corrected chi connectivity index (χ4v) is 3.90. The Balaban J connectivity index is 1.67. The molecule has 122 valence electrons. The smallest absolute Gasteiger partial charge is 0.229 e. The Morgan fingerprint density at radius 2 is 2.25 bits per heavy atom. The second-order valence-electron chi connectivity index (χ2n) is 5.94. The predicted molar refractivity (Wildman–Crippen MR) is 92.8 cm³/mol. The highest BCUT2D eigenvalue weighted by Gasteiger charge is 2.32. The van der Waals surface area contributed by atoms with Crippen molar-refractivity contribution in [1.82, 2.24) is 19.4 Å². The van der Waals surface area contributed by atoms with Crippen LogP contribution in [0.15, 0.2) is 48.2 Å². The lowest BCUT2D eigenvalue weighted by Gasteiger charge is -2.37. The molecular weight excluding hydrogens is 320 g/mol. The van der Waals surface area contributed by atoms with Gasteiger partial charge in [0.05, 0.1) is 23.2 Å². The normalized spacial score (nSPS) is 16.9. The molecule has 4 rings (SSSR count). The molecule has 0 saturated carbocycles. The van der Waals surface area contributed by atoms with Crippen molar-refractivity contribution in [3.63, 3.8) is 0 Å². The van der Waals surface area contributed by atoms with Gasteiger partial charge < -0.3 is 9.47 Å². The first kappa shape index (κ1) is 15.1. The zero-order valence-electron chi connectivity index (χ0n) is 13.4. The predicted octanol–water partition coefficient (Wildman–Crippen LogP) is 2.82. The van der Waals surface area contributed by atoms with Gasteiger partial charge in [-0.3, -0.25) is 9.78 Å². The molecule has 0 bridgehead atoms. The Labute approximate surface area is 144 Å². The summed E-state index contributed by atoms with van der Waals surface area (Å²) >= 11 is 1.58. The van der Waals surface area contributed by atoms with E-state index >= 15 is 0 Å². The summed E-state index contributed by atoms with van der Waals surface area (Å²) in [6.45, 7) is 3.48. The second kappa shape index (κ2) is 6.20. The van der Waals surface area contributed by atoms with E-state index in [0.717, 1.165) is 28.5 Å². The van der Waals surface area contributed by atoms with Crippen molar-refractivity contribution in [2.24, 2.45) is 0 Å². The van der Waals surface area contributed by atoms with Crippen LogP contribution in [-0.4, -0.2) is 31.9 Å². The van der Waals surface area contributed by atoms with Crippen LogP contribution in [0.1, 0.15) is 28.0 Å². The highest BCUT2D eigenvalue weighted by Crippen LogP contribution is 2.32. The third-order valence-corrected chi connectivity index (χ3v) is 5.18. The zero-order chi connectivity index (χ0) is 16.5. The molecule has 1 aliphatic rings. The van der Waals surface area contributed by atoms with E-state index in [2.05, 4.69) is 26.8 Å². The van der Waals surface area contributed by atoms with Gasteiger partial charge in [-0.25, -0.2) is 4.98 Å². The fraction of sp³-hybridized carbons (Fsp3) is 0.278. The number of fused-ring (bicyclic) bond motifs is 1. The summed E-state index contributed by atoms with van der Waals surface area (Å²) in [5, 5.41) is 2.97. The van der Waals surface area contributed by atoms with Crippen molar-refractivity contribution in [3.8, 4) is 0 Å². The van der Waals surface area contributed by atoms with Crippen LogP contribution in [0.3, 0.4) is 0 Å². The van der Waals surface area contributed by atoms with E-state index in [1.165, 1.54) is 0 Å². The fourth-order valence-electron chi connectivity index (χ4n) is 3.29. The lowest BCUT2D eigenvalue weighted by Crippen LogP contribution is -2.43. The minimum atomic E-state index is -0.0883. The van der Waals surface area contributed by atoms with Crippen LogP contribution in [0.5, 0.6) is 0 Å². The Morgan fingerprint density at radius 3 is 3.00 bits per heavy atom. The summed E-state index contributed by atoms with van der Waals surface area (Å²) in [5.41, 5.74) is 3.03. The molecule has 1 atom stereocenters. The average molecular weight is 338 g/mol. The van der Waals surface area contributed by atoms with Crippen LogP contribution in [0, 0.1) is 6.92 Å². The summed E-state index contributed by atoms with van der Waals surface area (Å²) in [4.78, 5) is 23.6. The summed E-state index contributed by atoms with van der Waals surface area (Å²) < 4.78 is 2.22. The number of carbonyl (C=O) groups excluding carboxylic acids is 1. The third kappa shape index (κ3) is 2.73. The van der Waals surface area contributed by atoms with Gasteiger partial charge in [0.2, 0.25) is 5.91 Å². The number of carbonyl (C=O) groups is 1. The Bertz CT molecular complexity index is 855. The molecule has 0 spiro atoms. The molecule has 0 unspecified atom stereocenters. The highest BCUT2D eigenvalue weighted by molar-refractivity contribution is 7.09. The zero-order valence-corrected chi connectivity index (χ0v) is 14.2. The second-order valence-corrected chi connectivity index (χ2v) is 7.00. The molecular formula is C18H18N4OS. The minimum Gasteiger partial charge on any atom is -0.348 e. The maximum atomic E-state index is 13.0. The summed E-state index contributed by atoms with van der Waals surface area (Å²) in [6, 6.07) is 7.99. The molecule has 3 aromatic heterocycles. The number of aromatic nitrogens is 3. The van der Waals surface area contributed by atoms with Crippen molar-refractivity contribution in [2.75, 3.05) is 6.54 Å². The van der Waals surface area contributed by atoms with E-state index in [9.17, 15) is 4.79 Å².